The lowest BCUT2D eigenvalue weighted by atomic mass is 9.95. The lowest BCUT2D eigenvalue weighted by Gasteiger charge is -2.34. The number of carbonyl (C=O) groups is 1. The van der Waals surface area contributed by atoms with E-state index in [2.05, 4.69) is 19.9 Å². The molecule has 1 fully saturated rings. The number of benzene rings is 1. The molecule has 1 unspecified atom stereocenters. The van der Waals surface area contributed by atoms with Crippen LogP contribution in [0.1, 0.15) is 24.8 Å². The van der Waals surface area contributed by atoms with Crippen molar-refractivity contribution in [3.8, 4) is 11.5 Å². The van der Waals surface area contributed by atoms with Crippen LogP contribution in [-0.4, -0.2) is 50.6 Å². The highest BCUT2D eigenvalue weighted by atomic mass is 19.3. The summed E-state index contributed by atoms with van der Waals surface area (Å²) >= 11 is 0. The smallest absolute Gasteiger partial charge is 0.387 e. The summed E-state index contributed by atoms with van der Waals surface area (Å²) < 4.78 is 34.7. The van der Waals surface area contributed by atoms with Crippen LogP contribution >= 0.6 is 0 Å². The lowest BCUT2D eigenvalue weighted by Crippen LogP contribution is -2.46. The molecule has 0 aromatic heterocycles. The minimum Gasteiger partial charge on any atom is -0.493 e. The summed E-state index contributed by atoms with van der Waals surface area (Å²) in [6.07, 6.45) is 2.27. The molecule has 1 aliphatic heterocycles. The third kappa shape index (κ3) is 6.26. The lowest BCUT2D eigenvalue weighted by molar-refractivity contribution is -0.119. The van der Waals surface area contributed by atoms with Crippen molar-refractivity contribution in [2.24, 2.45) is 16.6 Å². The molecule has 1 aromatic rings. The average Bonchev–Trinajstić information content (AvgIpc) is 2.62. The number of amides is 1. The highest BCUT2D eigenvalue weighted by Crippen LogP contribution is 2.29. The van der Waals surface area contributed by atoms with Crippen molar-refractivity contribution in [1.82, 2.24) is 10.2 Å². The van der Waals surface area contributed by atoms with Crippen LogP contribution in [-0.2, 0) is 11.3 Å². The van der Waals surface area contributed by atoms with Gasteiger partial charge in [-0.2, -0.15) is 8.78 Å². The summed E-state index contributed by atoms with van der Waals surface area (Å²) in [5, 5.41) is 3.22. The number of guanidine groups is 1. The van der Waals surface area contributed by atoms with Crippen LogP contribution in [0.25, 0.3) is 0 Å². The zero-order valence-electron chi connectivity index (χ0n) is 15.6. The van der Waals surface area contributed by atoms with Crippen molar-refractivity contribution in [1.29, 1.82) is 0 Å². The first kappa shape index (κ1) is 20.7. The number of halogens is 2. The molecule has 1 aliphatic rings. The molecule has 1 aromatic carbocycles. The predicted molar refractivity (Wildman–Crippen MR) is 97.9 cm³/mol. The first-order chi connectivity index (χ1) is 12.9. The van der Waals surface area contributed by atoms with Crippen LogP contribution in [0.5, 0.6) is 11.5 Å². The van der Waals surface area contributed by atoms with Crippen LogP contribution in [0.4, 0.5) is 8.78 Å². The van der Waals surface area contributed by atoms with Gasteiger partial charge in [0.15, 0.2) is 17.5 Å². The van der Waals surface area contributed by atoms with Crippen molar-refractivity contribution < 1.29 is 23.0 Å². The molecule has 7 nitrogen and oxygen atoms in total. The van der Waals surface area contributed by atoms with Gasteiger partial charge < -0.3 is 25.4 Å². The monoisotopic (exact) mass is 384 g/mol. The highest BCUT2D eigenvalue weighted by Gasteiger charge is 2.23. The molecule has 0 saturated carbocycles. The number of piperidine rings is 1. The topological polar surface area (TPSA) is 89.2 Å². The van der Waals surface area contributed by atoms with Crippen molar-refractivity contribution in [3.05, 3.63) is 23.8 Å². The first-order valence-corrected chi connectivity index (χ1v) is 8.78. The van der Waals surface area contributed by atoms with Crippen LogP contribution in [0.3, 0.4) is 0 Å². The second-order valence-corrected chi connectivity index (χ2v) is 6.39. The number of likely N-dealkylation sites (tertiary alicyclic amines) is 1. The third-order valence-electron chi connectivity index (χ3n) is 4.41. The number of aliphatic imine (C=N–C) groups is 1. The van der Waals surface area contributed by atoms with Crippen molar-refractivity contribution in [2.45, 2.75) is 32.4 Å². The predicted octanol–water partition coefficient (Wildman–Crippen LogP) is 1.96. The molecule has 3 N–H and O–H groups in total. The van der Waals surface area contributed by atoms with Crippen molar-refractivity contribution >= 4 is 11.9 Å². The van der Waals surface area contributed by atoms with Gasteiger partial charge >= 0.3 is 6.61 Å². The number of hydrogen-bond donors (Lipinski definition) is 2. The normalized spacial score (nSPS) is 17.7. The van der Waals surface area contributed by atoms with Crippen LogP contribution in [0.2, 0.25) is 0 Å². The summed E-state index contributed by atoms with van der Waals surface area (Å²) in [7, 11) is 3.08. The number of nitrogens with two attached hydrogens (primary N) is 1. The summed E-state index contributed by atoms with van der Waals surface area (Å²) in [5.74, 6) is 0.836. The Morgan fingerprint density at radius 3 is 2.85 bits per heavy atom. The van der Waals surface area contributed by atoms with E-state index in [1.54, 1.807) is 19.2 Å². The number of primary amides is 1. The summed E-state index contributed by atoms with van der Waals surface area (Å²) in [6.45, 7) is -1.01. The van der Waals surface area contributed by atoms with Gasteiger partial charge in [0.2, 0.25) is 5.91 Å². The Morgan fingerprint density at radius 2 is 2.22 bits per heavy atom. The molecule has 0 bridgehead atoms. The van der Waals surface area contributed by atoms with Crippen molar-refractivity contribution in [3.63, 3.8) is 0 Å². The maximum absolute atomic E-state index is 12.6. The zero-order chi connectivity index (χ0) is 19.8. The van der Waals surface area contributed by atoms with Gasteiger partial charge in [0.05, 0.1) is 7.11 Å². The van der Waals surface area contributed by atoms with Crippen LogP contribution in [0, 0.1) is 5.92 Å². The number of nitrogens with one attached hydrogen (secondary N) is 1. The van der Waals surface area contributed by atoms with E-state index in [0.29, 0.717) is 25.5 Å². The Kier molecular flexibility index (Phi) is 7.63. The molecule has 1 heterocycles. The van der Waals surface area contributed by atoms with Crippen molar-refractivity contribution in [2.75, 3.05) is 27.2 Å². The van der Waals surface area contributed by atoms with E-state index >= 15 is 0 Å². The number of ether oxygens (including phenoxy) is 2. The summed E-state index contributed by atoms with van der Waals surface area (Å²) in [4.78, 5) is 17.5. The van der Waals surface area contributed by atoms with Gasteiger partial charge in [-0.1, -0.05) is 6.07 Å². The minimum absolute atomic E-state index is 0.0127. The number of hydrogen-bond acceptors (Lipinski definition) is 4. The summed E-state index contributed by atoms with van der Waals surface area (Å²) in [5.41, 5.74) is 6.05. The average molecular weight is 384 g/mol. The molecule has 1 atom stereocenters. The van der Waals surface area contributed by atoms with E-state index in [1.165, 1.54) is 13.2 Å². The van der Waals surface area contributed by atoms with E-state index < -0.39 is 6.61 Å². The van der Waals surface area contributed by atoms with Gasteiger partial charge in [-0.3, -0.25) is 9.79 Å². The quantitative estimate of drug-likeness (QED) is 0.554. The minimum atomic E-state index is -2.93. The largest absolute Gasteiger partial charge is 0.493 e. The van der Waals surface area contributed by atoms with E-state index in [0.717, 1.165) is 24.9 Å². The van der Waals surface area contributed by atoms with Gasteiger partial charge in [0, 0.05) is 33.1 Å². The molecule has 1 saturated heterocycles. The standard InChI is InChI=1S/C18H26F2N4O3/c1-22-18(24-7-3-4-13(11-24)9-16(21)25)23-10-12-5-6-14(26-2)15(8-12)27-17(19)20/h5-6,8,13,17H,3-4,7,9-11H2,1-2H3,(H2,21,25)(H,22,23). The maximum Gasteiger partial charge on any atom is 0.387 e. The summed E-state index contributed by atoms with van der Waals surface area (Å²) in [6, 6.07) is 4.86. The molecule has 2 rings (SSSR count). The number of alkyl halides is 2. The van der Waals surface area contributed by atoms with E-state index in [-0.39, 0.29) is 23.3 Å². The third-order valence-corrected chi connectivity index (χ3v) is 4.41. The Labute approximate surface area is 157 Å². The SMILES string of the molecule is CN=C(NCc1ccc(OC)c(OC(F)F)c1)N1CCCC(CC(N)=O)C1. The second-order valence-electron chi connectivity index (χ2n) is 6.39. The number of carbonyl (C=O) groups excluding carboxylic acids is 1. The Morgan fingerprint density at radius 1 is 1.44 bits per heavy atom. The fourth-order valence-electron chi connectivity index (χ4n) is 3.24. The molecule has 0 spiro atoms. The molecule has 27 heavy (non-hydrogen) atoms. The molecule has 0 radical (unpaired) electrons. The number of methoxy groups -OCH3 is 1. The fraction of sp³-hybridized carbons (Fsp3) is 0.556. The number of rotatable bonds is 7. The number of nitrogens with zero attached hydrogens (tertiary/aromatic N) is 2. The highest BCUT2D eigenvalue weighted by molar-refractivity contribution is 5.80. The van der Waals surface area contributed by atoms with E-state index in [4.69, 9.17) is 10.5 Å². The van der Waals surface area contributed by atoms with Gasteiger partial charge in [0.25, 0.3) is 0 Å². The Bertz CT molecular complexity index is 670. The van der Waals surface area contributed by atoms with Gasteiger partial charge in [-0.05, 0) is 36.5 Å². The second kappa shape index (κ2) is 9.94. The fourth-order valence-corrected chi connectivity index (χ4v) is 3.24. The Hall–Kier alpha value is -2.58. The molecule has 0 aliphatic carbocycles. The molecule has 1 amide bonds. The van der Waals surface area contributed by atoms with Gasteiger partial charge in [-0.25, -0.2) is 0 Å². The molecule has 9 heteroatoms. The molecule has 150 valence electrons. The van der Waals surface area contributed by atoms with Gasteiger partial charge in [0.1, 0.15) is 0 Å². The van der Waals surface area contributed by atoms with Crippen LogP contribution in [0.15, 0.2) is 23.2 Å². The Balaban J connectivity index is 2.00. The maximum atomic E-state index is 12.6. The first-order valence-electron chi connectivity index (χ1n) is 8.78. The molecular weight excluding hydrogens is 358 g/mol. The zero-order valence-corrected chi connectivity index (χ0v) is 15.6. The molecular formula is C18H26F2N4O3. The van der Waals surface area contributed by atoms with E-state index in [1.807, 2.05) is 0 Å². The van der Waals surface area contributed by atoms with E-state index in [9.17, 15) is 13.6 Å². The van der Waals surface area contributed by atoms with Crippen LogP contribution < -0.4 is 20.5 Å². The van der Waals surface area contributed by atoms with Gasteiger partial charge in [-0.15, -0.1) is 0 Å².